The highest BCUT2D eigenvalue weighted by Gasteiger charge is 2.35. The molecule has 2 aromatic carbocycles. The molecular weight excluding hydrogens is 495 g/mol. The molecule has 10 heteroatoms. The van der Waals surface area contributed by atoms with Gasteiger partial charge in [-0.15, -0.1) is 13.2 Å². The second-order valence-corrected chi connectivity index (χ2v) is 11.3. The van der Waals surface area contributed by atoms with Gasteiger partial charge >= 0.3 is 6.36 Å². The first-order valence-electron chi connectivity index (χ1n) is 12.9. The molecule has 1 heterocycles. The maximum absolute atomic E-state index is 12.7. The Balaban J connectivity index is 1.67. The number of nitrogens with one attached hydrogen (secondary N) is 2. The van der Waals surface area contributed by atoms with Gasteiger partial charge in [0.1, 0.15) is 5.75 Å². The lowest BCUT2D eigenvalue weighted by atomic mass is 9.70. The van der Waals surface area contributed by atoms with Gasteiger partial charge in [0, 0.05) is 30.4 Å². The van der Waals surface area contributed by atoms with E-state index in [1.807, 2.05) is 31.1 Å². The zero-order chi connectivity index (χ0) is 27.7. The number of likely N-dealkylation sites (N-methyl/N-ethyl adjacent to an activating group) is 1. The Morgan fingerprint density at radius 3 is 2.50 bits per heavy atom. The Labute approximate surface area is 221 Å². The number of nitrogens with zero attached hydrogens (tertiary/aromatic N) is 3. The van der Waals surface area contributed by atoms with Crippen LogP contribution in [0, 0.1) is 11.3 Å². The van der Waals surface area contributed by atoms with Crippen molar-refractivity contribution in [3.8, 4) is 5.75 Å². The van der Waals surface area contributed by atoms with E-state index in [0.717, 1.165) is 31.3 Å². The Hall–Kier alpha value is -3.27. The van der Waals surface area contributed by atoms with Crippen LogP contribution in [0.5, 0.6) is 5.75 Å². The van der Waals surface area contributed by atoms with Crippen LogP contribution in [0.2, 0.25) is 0 Å². The molecule has 0 bridgehead atoms. The molecule has 38 heavy (non-hydrogen) atoms. The zero-order valence-electron chi connectivity index (χ0n) is 22.5. The fourth-order valence-electron chi connectivity index (χ4n) is 5.55. The number of carbonyl (C=O) groups is 1. The standard InChI is InChI=1S/C28H36F3N5O2/c1-18-14-21(17-27(2,3)16-18)36-24-11-6-19(25(37)32-12-13-35(4)5)15-23(24)34-26(36)33-20-7-9-22(10-8-20)38-28(29,30)31/h6-11,15,18,21H,12-14,16-17H2,1-5H3,(H,32,37)(H,33,34). The molecule has 1 saturated carbocycles. The number of aromatic nitrogens is 2. The first-order valence-corrected chi connectivity index (χ1v) is 12.9. The van der Waals surface area contributed by atoms with Crippen molar-refractivity contribution in [3.05, 3.63) is 48.0 Å². The summed E-state index contributed by atoms with van der Waals surface area (Å²) >= 11 is 0. The van der Waals surface area contributed by atoms with E-state index in [2.05, 4.69) is 40.7 Å². The molecule has 0 spiro atoms. The van der Waals surface area contributed by atoms with E-state index < -0.39 is 6.36 Å². The van der Waals surface area contributed by atoms with E-state index in [-0.39, 0.29) is 23.1 Å². The largest absolute Gasteiger partial charge is 0.573 e. The van der Waals surface area contributed by atoms with Crippen molar-refractivity contribution in [1.29, 1.82) is 0 Å². The predicted molar refractivity (Wildman–Crippen MR) is 143 cm³/mol. The van der Waals surface area contributed by atoms with E-state index in [9.17, 15) is 18.0 Å². The van der Waals surface area contributed by atoms with Gasteiger partial charge in [-0.25, -0.2) is 4.98 Å². The number of benzene rings is 2. The number of rotatable bonds is 8. The van der Waals surface area contributed by atoms with Crippen molar-refractivity contribution < 1.29 is 22.7 Å². The molecule has 206 valence electrons. The van der Waals surface area contributed by atoms with Gasteiger partial charge in [0.05, 0.1) is 11.0 Å². The molecule has 4 rings (SSSR count). The number of fused-ring (bicyclic) bond motifs is 1. The number of carbonyl (C=O) groups excluding carboxylic acids is 1. The molecule has 2 atom stereocenters. The molecule has 1 aliphatic rings. The van der Waals surface area contributed by atoms with Gasteiger partial charge in [0.2, 0.25) is 5.95 Å². The van der Waals surface area contributed by atoms with Gasteiger partial charge in [0.15, 0.2) is 0 Å². The molecule has 0 radical (unpaired) electrons. The average Bonchev–Trinajstić information content (AvgIpc) is 3.14. The van der Waals surface area contributed by atoms with Crippen LogP contribution in [0.25, 0.3) is 11.0 Å². The summed E-state index contributed by atoms with van der Waals surface area (Å²) in [5.74, 6) is 0.661. The molecule has 0 aliphatic heterocycles. The van der Waals surface area contributed by atoms with E-state index in [1.165, 1.54) is 24.3 Å². The lowest BCUT2D eigenvalue weighted by Crippen LogP contribution is -2.31. The number of hydrogen-bond donors (Lipinski definition) is 2. The Morgan fingerprint density at radius 2 is 1.87 bits per heavy atom. The van der Waals surface area contributed by atoms with Gasteiger partial charge in [-0.05, 0) is 87.2 Å². The normalized spacial score (nSPS) is 19.5. The summed E-state index contributed by atoms with van der Waals surface area (Å²) in [6, 6.07) is 11.3. The molecule has 2 N–H and O–H groups in total. The van der Waals surface area contributed by atoms with Crippen LogP contribution < -0.4 is 15.4 Å². The zero-order valence-corrected chi connectivity index (χ0v) is 22.5. The third-order valence-corrected chi connectivity index (χ3v) is 6.87. The second-order valence-electron chi connectivity index (χ2n) is 11.3. The van der Waals surface area contributed by atoms with Gasteiger partial charge in [-0.1, -0.05) is 20.8 Å². The number of anilines is 2. The highest BCUT2D eigenvalue weighted by molar-refractivity contribution is 5.97. The van der Waals surface area contributed by atoms with E-state index in [1.54, 1.807) is 6.07 Å². The topological polar surface area (TPSA) is 71.4 Å². The molecule has 7 nitrogen and oxygen atoms in total. The van der Waals surface area contributed by atoms with E-state index in [4.69, 9.17) is 4.98 Å². The number of imidazole rings is 1. The maximum Gasteiger partial charge on any atom is 0.573 e. The minimum Gasteiger partial charge on any atom is -0.406 e. The predicted octanol–water partition coefficient (Wildman–Crippen LogP) is 6.36. The van der Waals surface area contributed by atoms with Gasteiger partial charge < -0.3 is 24.8 Å². The smallest absolute Gasteiger partial charge is 0.406 e. The number of halogens is 3. The molecule has 2 unspecified atom stereocenters. The summed E-state index contributed by atoms with van der Waals surface area (Å²) in [4.78, 5) is 19.6. The first kappa shape index (κ1) is 27.8. The molecular formula is C28H36F3N5O2. The molecule has 1 aliphatic carbocycles. The maximum atomic E-state index is 12.7. The monoisotopic (exact) mass is 531 g/mol. The summed E-state index contributed by atoms with van der Waals surface area (Å²) in [7, 11) is 3.90. The Kier molecular flexibility index (Phi) is 7.92. The fraction of sp³-hybridized carbons (Fsp3) is 0.500. The third-order valence-electron chi connectivity index (χ3n) is 6.87. The Bertz CT molecular complexity index is 1270. The van der Waals surface area contributed by atoms with E-state index >= 15 is 0 Å². The van der Waals surface area contributed by atoms with Crippen LogP contribution in [0.15, 0.2) is 42.5 Å². The molecule has 0 saturated heterocycles. The second kappa shape index (κ2) is 10.8. The number of amides is 1. The average molecular weight is 532 g/mol. The van der Waals surface area contributed by atoms with Crippen molar-refractivity contribution in [2.24, 2.45) is 11.3 Å². The number of alkyl halides is 3. The van der Waals surface area contributed by atoms with Crippen molar-refractivity contribution in [2.45, 2.75) is 52.4 Å². The molecule has 1 amide bonds. The van der Waals surface area contributed by atoms with Crippen LogP contribution in [-0.2, 0) is 0 Å². The Morgan fingerprint density at radius 1 is 1.16 bits per heavy atom. The highest BCUT2D eigenvalue weighted by atomic mass is 19.4. The molecule has 3 aromatic rings. The minimum absolute atomic E-state index is 0.152. The van der Waals surface area contributed by atoms with Crippen LogP contribution in [-0.4, -0.2) is 53.9 Å². The summed E-state index contributed by atoms with van der Waals surface area (Å²) in [6.45, 7) is 8.08. The quantitative estimate of drug-likeness (QED) is 0.354. The summed E-state index contributed by atoms with van der Waals surface area (Å²) in [5, 5.41) is 6.23. The SMILES string of the molecule is CC1CC(n2c(Nc3ccc(OC(F)(F)F)cc3)nc3cc(C(=O)NCCN(C)C)ccc32)CC(C)(C)C1. The lowest BCUT2D eigenvalue weighted by molar-refractivity contribution is -0.274. The lowest BCUT2D eigenvalue weighted by Gasteiger charge is -2.40. The summed E-state index contributed by atoms with van der Waals surface area (Å²) < 4.78 is 43.9. The van der Waals surface area contributed by atoms with Gasteiger partial charge in [-0.3, -0.25) is 4.79 Å². The van der Waals surface area contributed by atoms with Crippen molar-refractivity contribution in [2.75, 3.05) is 32.5 Å². The van der Waals surface area contributed by atoms with Crippen LogP contribution in [0.4, 0.5) is 24.8 Å². The van der Waals surface area contributed by atoms with E-state index in [0.29, 0.717) is 35.2 Å². The minimum atomic E-state index is -4.75. The third kappa shape index (κ3) is 6.98. The number of hydrogen-bond acceptors (Lipinski definition) is 5. The highest BCUT2D eigenvalue weighted by Crippen LogP contribution is 2.46. The first-order chi connectivity index (χ1) is 17.8. The summed E-state index contributed by atoms with van der Waals surface area (Å²) in [6.07, 6.45) is -1.67. The fourth-order valence-corrected chi connectivity index (χ4v) is 5.55. The summed E-state index contributed by atoms with van der Waals surface area (Å²) in [5.41, 5.74) is 2.85. The van der Waals surface area contributed by atoms with Crippen molar-refractivity contribution in [3.63, 3.8) is 0 Å². The molecule has 1 fully saturated rings. The van der Waals surface area contributed by atoms with Crippen molar-refractivity contribution in [1.82, 2.24) is 19.8 Å². The number of ether oxygens (including phenoxy) is 1. The van der Waals surface area contributed by atoms with Crippen molar-refractivity contribution >= 4 is 28.6 Å². The van der Waals surface area contributed by atoms with Gasteiger partial charge in [-0.2, -0.15) is 0 Å². The van der Waals surface area contributed by atoms with Crippen LogP contribution in [0.3, 0.4) is 0 Å². The van der Waals surface area contributed by atoms with Gasteiger partial charge in [0.25, 0.3) is 5.91 Å². The molecule has 1 aromatic heterocycles. The van der Waals surface area contributed by atoms with Crippen LogP contribution in [0.1, 0.15) is 56.4 Å². The van der Waals surface area contributed by atoms with Crippen LogP contribution >= 0.6 is 0 Å².